The molecule has 0 aliphatic carbocycles. The molecule has 0 heterocycles. The van der Waals surface area contributed by atoms with Crippen LogP contribution in [0.1, 0.15) is 12.5 Å². The molecule has 1 aromatic rings. The average Bonchev–Trinajstić information content (AvgIpc) is 2.26. The Hall–Kier alpha value is -1.88. The van der Waals surface area contributed by atoms with E-state index in [1.807, 2.05) is 0 Å². The second-order valence-corrected chi connectivity index (χ2v) is 3.66. The zero-order valence-electron chi connectivity index (χ0n) is 9.05. The Bertz CT molecular complexity index is 453. The Balaban J connectivity index is 2.86. The number of nitro groups is 1. The van der Waals surface area contributed by atoms with Gasteiger partial charge in [0.1, 0.15) is 0 Å². The average molecular weight is 256 g/mol. The zero-order chi connectivity index (χ0) is 12.8. The van der Waals surface area contributed by atoms with Crippen LogP contribution in [0.2, 0.25) is 5.02 Å². The molecule has 0 saturated heterocycles. The fourth-order valence-corrected chi connectivity index (χ4v) is 1.20. The SMILES string of the molecule is CC(=O)OC/C(=C\c1ccc(Cl)cc1)[N+](=O)[O-]. The molecular weight excluding hydrogens is 246 g/mol. The summed E-state index contributed by atoms with van der Waals surface area (Å²) in [5.41, 5.74) is 0.427. The molecule has 0 aliphatic heterocycles. The molecule has 0 fully saturated rings. The first-order chi connectivity index (χ1) is 7.99. The van der Waals surface area contributed by atoms with E-state index in [1.165, 1.54) is 13.0 Å². The van der Waals surface area contributed by atoms with Crippen LogP contribution in [0.25, 0.3) is 6.08 Å². The minimum atomic E-state index is -0.586. The van der Waals surface area contributed by atoms with Crippen molar-refractivity contribution in [2.24, 2.45) is 0 Å². The summed E-state index contributed by atoms with van der Waals surface area (Å²) in [4.78, 5) is 20.7. The van der Waals surface area contributed by atoms with E-state index in [1.54, 1.807) is 24.3 Å². The molecule has 0 amide bonds. The third kappa shape index (κ3) is 4.65. The molecular formula is C11H10ClNO4. The first-order valence-corrected chi connectivity index (χ1v) is 5.10. The van der Waals surface area contributed by atoms with E-state index in [2.05, 4.69) is 4.74 Å². The van der Waals surface area contributed by atoms with Gasteiger partial charge in [-0.05, 0) is 17.7 Å². The van der Waals surface area contributed by atoms with Gasteiger partial charge in [-0.25, -0.2) is 0 Å². The molecule has 1 rings (SSSR count). The van der Waals surface area contributed by atoms with Crippen molar-refractivity contribution in [3.05, 3.63) is 50.7 Å². The highest BCUT2D eigenvalue weighted by atomic mass is 35.5. The van der Waals surface area contributed by atoms with Crippen molar-refractivity contribution in [1.82, 2.24) is 0 Å². The summed E-state index contributed by atoms with van der Waals surface area (Å²) in [7, 11) is 0. The second kappa shape index (κ2) is 6.00. The number of carbonyl (C=O) groups is 1. The molecule has 17 heavy (non-hydrogen) atoms. The van der Waals surface area contributed by atoms with E-state index in [-0.39, 0.29) is 12.3 Å². The first kappa shape index (κ1) is 13.2. The number of rotatable bonds is 4. The lowest BCUT2D eigenvalue weighted by Crippen LogP contribution is -2.09. The summed E-state index contributed by atoms with van der Waals surface area (Å²) in [6.07, 6.45) is 1.33. The minimum Gasteiger partial charge on any atom is -0.454 e. The molecule has 6 heteroatoms. The fourth-order valence-electron chi connectivity index (χ4n) is 1.07. The molecule has 0 aromatic heterocycles. The molecule has 0 spiro atoms. The Morgan fingerprint density at radius 2 is 2.06 bits per heavy atom. The van der Waals surface area contributed by atoms with Gasteiger partial charge in [-0.15, -0.1) is 0 Å². The topological polar surface area (TPSA) is 69.4 Å². The highest BCUT2D eigenvalue weighted by Gasteiger charge is 2.12. The van der Waals surface area contributed by atoms with Crippen molar-refractivity contribution in [3.63, 3.8) is 0 Å². The number of halogens is 1. The van der Waals surface area contributed by atoms with Gasteiger partial charge >= 0.3 is 5.97 Å². The number of benzene rings is 1. The van der Waals surface area contributed by atoms with Crippen LogP contribution in [0, 0.1) is 10.1 Å². The van der Waals surface area contributed by atoms with Crippen molar-refractivity contribution in [3.8, 4) is 0 Å². The zero-order valence-corrected chi connectivity index (χ0v) is 9.81. The smallest absolute Gasteiger partial charge is 0.303 e. The van der Waals surface area contributed by atoms with Gasteiger partial charge in [0.15, 0.2) is 6.61 Å². The number of carbonyl (C=O) groups excluding carboxylic acids is 1. The van der Waals surface area contributed by atoms with Crippen LogP contribution in [-0.4, -0.2) is 17.5 Å². The van der Waals surface area contributed by atoms with Gasteiger partial charge in [0.25, 0.3) is 5.70 Å². The Morgan fingerprint density at radius 1 is 1.47 bits per heavy atom. The number of hydrogen-bond acceptors (Lipinski definition) is 4. The summed E-state index contributed by atoms with van der Waals surface area (Å²) in [5.74, 6) is -0.561. The van der Waals surface area contributed by atoms with Crippen LogP contribution < -0.4 is 0 Å². The molecule has 0 atom stereocenters. The van der Waals surface area contributed by atoms with E-state index < -0.39 is 10.9 Å². The van der Waals surface area contributed by atoms with Gasteiger partial charge in [-0.2, -0.15) is 0 Å². The van der Waals surface area contributed by atoms with E-state index in [4.69, 9.17) is 11.6 Å². The molecule has 90 valence electrons. The van der Waals surface area contributed by atoms with Crippen molar-refractivity contribution in [1.29, 1.82) is 0 Å². The van der Waals surface area contributed by atoms with Crippen LogP contribution in [0.3, 0.4) is 0 Å². The molecule has 0 aliphatic rings. The molecule has 0 saturated carbocycles. The van der Waals surface area contributed by atoms with Gasteiger partial charge in [-0.1, -0.05) is 23.7 Å². The third-order valence-electron chi connectivity index (χ3n) is 1.86. The number of nitrogens with zero attached hydrogens (tertiary/aromatic N) is 1. The summed E-state index contributed by atoms with van der Waals surface area (Å²) in [5, 5.41) is 11.2. The van der Waals surface area contributed by atoms with Crippen molar-refractivity contribution in [2.75, 3.05) is 6.61 Å². The molecule has 0 radical (unpaired) electrons. The van der Waals surface area contributed by atoms with Crippen molar-refractivity contribution >= 4 is 23.6 Å². The highest BCUT2D eigenvalue weighted by molar-refractivity contribution is 6.30. The summed E-state index contributed by atoms with van der Waals surface area (Å²) >= 11 is 5.69. The van der Waals surface area contributed by atoms with Gasteiger partial charge in [0.05, 0.1) is 4.92 Å². The van der Waals surface area contributed by atoms with Crippen molar-refractivity contribution in [2.45, 2.75) is 6.92 Å². The van der Waals surface area contributed by atoms with E-state index in [0.717, 1.165) is 0 Å². The highest BCUT2D eigenvalue weighted by Crippen LogP contribution is 2.13. The number of hydrogen-bond donors (Lipinski definition) is 0. The van der Waals surface area contributed by atoms with E-state index in [0.29, 0.717) is 10.6 Å². The Morgan fingerprint density at radius 3 is 2.53 bits per heavy atom. The standard InChI is InChI=1S/C11H10ClNO4/c1-8(14)17-7-11(13(15)16)6-9-2-4-10(12)5-3-9/h2-6H,7H2,1H3/b11-6+. The predicted octanol–water partition coefficient (Wildman–Crippen LogP) is 2.52. The molecule has 0 N–H and O–H groups in total. The summed E-state index contributed by atoms with van der Waals surface area (Å²) in [6, 6.07) is 6.52. The first-order valence-electron chi connectivity index (χ1n) is 4.73. The Kier molecular flexibility index (Phi) is 4.66. The van der Waals surface area contributed by atoms with Crippen LogP contribution >= 0.6 is 11.6 Å². The van der Waals surface area contributed by atoms with Gasteiger partial charge < -0.3 is 4.74 Å². The van der Waals surface area contributed by atoms with Crippen LogP contribution in [0.4, 0.5) is 0 Å². The largest absolute Gasteiger partial charge is 0.454 e. The molecule has 0 unspecified atom stereocenters. The quantitative estimate of drug-likeness (QED) is 0.471. The third-order valence-corrected chi connectivity index (χ3v) is 2.11. The predicted molar refractivity (Wildman–Crippen MR) is 63.1 cm³/mol. The van der Waals surface area contributed by atoms with Gasteiger partial charge in [0.2, 0.25) is 0 Å². The lowest BCUT2D eigenvalue weighted by Gasteiger charge is -2.00. The minimum absolute atomic E-state index is 0.192. The molecule has 1 aromatic carbocycles. The maximum atomic E-state index is 10.7. The number of ether oxygens (including phenoxy) is 1. The van der Waals surface area contributed by atoms with Crippen LogP contribution in [0.15, 0.2) is 30.0 Å². The normalized spacial score (nSPS) is 11.1. The fraction of sp³-hybridized carbons (Fsp3) is 0.182. The lowest BCUT2D eigenvalue weighted by molar-refractivity contribution is -0.428. The van der Waals surface area contributed by atoms with Crippen molar-refractivity contribution < 1.29 is 14.5 Å². The van der Waals surface area contributed by atoms with Crippen LogP contribution in [0.5, 0.6) is 0 Å². The Labute approximate surface area is 103 Å². The summed E-state index contributed by atoms with van der Waals surface area (Å²) in [6.45, 7) is 0.838. The molecule has 5 nitrogen and oxygen atoms in total. The van der Waals surface area contributed by atoms with Crippen LogP contribution in [-0.2, 0) is 9.53 Å². The van der Waals surface area contributed by atoms with Gasteiger partial charge in [0, 0.05) is 18.0 Å². The van der Waals surface area contributed by atoms with Gasteiger partial charge in [-0.3, -0.25) is 14.9 Å². The molecule has 0 bridgehead atoms. The second-order valence-electron chi connectivity index (χ2n) is 3.22. The van der Waals surface area contributed by atoms with E-state index in [9.17, 15) is 14.9 Å². The monoisotopic (exact) mass is 255 g/mol. The maximum Gasteiger partial charge on any atom is 0.303 e. The van der Waals surface area contributed by atoms with E-state index >= 15 is 0 Å². The number of esters is 1. The lowest BCUT2D eigenvalue weighted by atomic mass is 10.2. The summed E-state index contributed by atoms with van der Waals surface area (Å²) < 4.78 is 4.59. The maximum absolute atomic E-state index is 10.7.